The van der Waals surface area contributed by atoms with Crippen LogP contribution in [0.15, 0.2) is 63.8 Å². The average molecular weight is 417 g/mol. The molecular weight excluding hydrogens is 407 g/mol. The van der Waals surface area contributed by atoms with Gasteiger partial charge in [0.1, 0.15) is 5.82 Å². The Bertz CT molecular complexity index is 893. The topological polar surface area (TPSA) is 25.8 Å². The molecule has 6 heteroatoms. The second-order valence-corrected chi connectivity index (χ2v) is 7.72. The van der Waals surface area contributed by atoms with E-state index < -0.39 is 0 Å². The van der Waals surface area contributed by atoms with Gasteiger partial charge in [-0.2, -0.15) is 0 Å². The molecule has 24 heavy (non-hydrogen) atoms. The average Bonchev–Trinajstić information content (AvgIpc) is 3.25. The molecule has 0 radical (unpaired) electrons. The van der Waals surface area contributed by atoms with Crippen molar-refractivity contribution >= 4 is 38.6 Å². The van der Waals surface area contributed by atoms with Gasteiger partial charge in [-0.25, -0.2) is 14.4 Å². The molecule has 0 N–H and O–H groups in total. The van der Waals surface area contributed by atoms with Crippen LogP contribution < -0.4 is 0 Å². The summed E-state index contributed by atoms with van der Waals surface area (Å²) in [6.45, 7) is 0. The van der Waals surface area contributed by atoms with Crippen LogP contribution in [0, 0.1) is 5.82 Å². The highest BCUT2D eigenvalue weighted by molar-refractivity contribution is 9.10. The van der Waals surface area contributed by atoms with Crippen molar-refractivity contribution in [1.29, 1.82) is 0 Å². The highest BCUT2D eigenvalue weighted by atomic mass is 79.9. The molecule has 0 spiro atoms. The molecule has 0 bridgehead atoms. The van der Waals surface area contributed by atoms with E-state index in [2.05, 4.69) is 20.9 Å². The summed E-state index contributed by atoms with van der Waals surface area (Å²) < 4.78 is 14.1. The lowest BCUT2D eigenvalue weighted by atomic mass is 10.2. The Morgan fingerprint density at radius 3 is 1.67 bits per heavy atom. The summed E-state index contributed by atoms with van der Waals surface area (Å²) in [4.78, 5) is 9.33. The van der Waals surface area contributed by atoms with Gasteiger partial charge in [-0.15, -0.1) is 22.7 Å². The molecule has 0 amide bonds. The Labute approximate surface area is 154 Å². The zero-order valence-electron chi connectivity index (χ0n) is 12.2. The quantitative estimate of drug-likeness (QED) is 0.380. The summed E-state index contributed by atoms with van der Waals surface area (Å²) in [5, 5.41) is 5.79. The van der Waals surface area contributed by atoms with E-state index in [-0.39, 0.29) is 5.82 Å². The number of thiazole rings is 2. The van der Waals surface area contributed by atoms with Gasteiger partial charge in [-0.1, -0.05) is 28.1 Å². The zero-order valence-corrected chi connectivity index (χ0v) is 15.5. The van der Waals surface area contributed by atoms with Crippen LogP contribution in [0.2, 0.25) is 0 Å². The summed E-state index contributed by atoms with van der Waals surface area (Å²) in [6, 6.07) is 14.5. The van der Waals surface area contributed by atoms with Crippen LogP contribution in [0.4, 0.5) is 4.39 Å². The number of aromatic nitrogens is 2. The third-order valence-corrected chi connectivity index (χ3v) is 5.83. The summed E-state index contributed by atoms with van der Waals surface area (Å²) in [7, 11) is 0. The Morgan fingerprint density at radius 2 is 1.17 bits per heavy atom. The van der Waals surface area contributed by atoms with E-state index in [1.54, 1.807) is 34.8 Å². The molecule has 118 valence electrons. The number of halogens is 2. The first-order valence-corrected chi connectivity index (χ1v) is 9.67. The molecule has 2 aromatic carbocycles. The van der Waals surface area contributed by atoms with Gasteiger partial charge in [0.2, 0.25) is 0 Å². The number of hydrogen-bond donors (Lipinski definition) is 0. The zero-order chi connectivity index (χ0) is 16.5. The molecule has 4 aromatic rings. The minimum atomic E-state index is -0.242. The van der Waals surface area contributed by atoms with Crippen LogP contribution in [-0.2, 0) is 0 Å². The molecule has 0 aliphatic carbocycles. The maximum absolute atomic E-state index is 13.0. The molecule has 2 heterocycles. The van der Waals surface area contributed by atoms with Gasteiger partial charge in [0.25, 0.3) is 0 Å². The lowest BCUT2D eigenvalue weighted by molar-refractivity contribution is 0.628. The molecule has 0 saturated heterocycles. The summed E-state index contributed by atoms with van der Waals surface area (Å²) >= 11 is 6.57. The molecule has 2 aromatic heterocycles. The Balaban J connectivity index is 1.63. The van der Waals surface area contributed by atoms with Gasteiger partial charge >= 0.3 is 0 Å². The first-order valence-electron chi connectivity index (χ1n) is 7.12. The molecule has 2 nitrogen and oxygen atoms in total. The molecule has 0 atom stereocenters. The van der Waals surface area contributed by atoms with Crippen molar-refractivity contribution in [3.8, 4) is 32.5 Å². The molecule has 4 rings (SSSR count). The van der Waals surface area contributed by atoms with E-state index in [1.807, 2.05) is 35.0 Å². The van der Waals surface area contributed by atoms with Crippen molar-refractivity contribution < 1.29 is 4.39 Å². The van der Waals surface area contributed by atoms with Crippen molar-refractivity contribution in [2.45, 2.75) is 0 Å². The Kier molecular flexibility index (Phi) is 4.26. The summed E-state index contributed by atoms with van der Waals surface area (Å²) in [5.74, 6) is -0.242. The standard InChI is InChI=1S/C18H10BrFN2S2/c19-13-5-1-11(2-6-13)15-9-23-17(21-15)18-22-16(10-24-18)12-3-7-14(20)8-4-12/h1-10H. The van der Waals surface area contributed by atoms with Gasteiger partial charge in [-0.05, 0) is 36.4 Å². The maximum atomic E-state index is 13.0. The Hall–Kier alpha value is -1.89. The minimum absolute atomic E-state index is 0.242. The first-order chi connectivity index (χ1) is 11.7. The van der Waals surface area contributed by atoms with E-state index >= 15 is 0 Å². The number of rotatable bonds is 3. The van der Waals surface area contributed by atoms with Gasteiger partial charge in [-0.3, -0.25) is 0 Å². The van der Waals surface area contributed by atoms with Crippen LogP contribution >= 0.6 is 38.6 Å². The predicted octanol–water partition coefficient (Wildman–Crippen LogP) is 6.50. The van der Waals surface area contributed by atoms with Crippen LogP contribution in [0.1, 0.15) is 0 Å². The third kappa shape index (κ3) is 3.17. The lowest BCUT2D eigenvalue weighted by Gasteiger charge is -1.96. The SMILES string of the molecule is Fc1ccc(-c2csc(-c3nc(-c4ccc(Br)cc4)cs3)n2)cc1. The number of nitrogens with zero attached hydrogens (tertiary/aromatic N) is 2. The Morgan fingerprint density at radius 1 is 0.708 bits per heavy atom. The molecule has 0 aliphatic rings. The second-order valence-electron chi connectivity index (χ2n) is 5.09. The largest absolute Gasteiger partial charge is 0.233 e. The van der Waals surface area contributed by atoms with Gasteiger partial charge < -0.3 is 0 Å². The van der Waals surface area contributed by atoms with Gasteiger partial charge in [0.15, 0.2) is 10.0 Å². The molecule has 0 saturated carbocycles. The van der Waals surface area contributed by atoms with Crippen molar-refractivity contribution in [1.82, 2.24) is 9.97 Å². The maximum Gasteiger partial charge on any atom is 0.152 e. The molecule has 0 fully saturated rings. The number of hydrogen-bond acceptors (Lipinski definition) is 4. The van der Waals surface area contributed by atoms with E-state index in [0.717, 1.165) is 37.0 Å². The summed E-state index contributed by atoms with van der Waals surface area (Å²) in [5.41, 5.74) is 3.77. The van der Waals surface area contributed by atoms with E-state index in [9.17, 15) is 4.39 Å². The lowest BCUT2D eigenvalue weighted by Crippen LogP contribution is -1.81. The van der Waals surface area contributed by atoms with Gasteiger partial charge in [0.05, 0.1) is 11.4 Å². The first kappa shape index (κ1) is 15.6. The minimum Gasteiger partial charge on any atom is -0.233 e. The third-order valence-electron chi connectivity index (χ3n) is 3.47. The van der Waals surface area contributed by atoms with Crippen LogP contribution in [0.5, 0.6) is 0 Å². The fraction of sp³-hybridized carbons (Fsp3) is 0. The van der Waals surface area contributed by atoms with Crippen molar-refractivity contribution in [2.75, 3.05) is 0 Å². The van der Waals surface area contributed by atoms with Crippen LogP contribution in [-0.4, -0.2) is 9.97 Å². The van der Waals surface area contributed by atoms with E-state index in [0.29, 0.717) is 0 Å². The van der Waals surface area contributed by atoms with E-state index in [1.165, 1.54) is 12.1 Å². The highest BCUT2D eigenvalue weighted by Crippen LogP contribution is 2.33. The van der Waals surface area contributed by atoms with Crippen molar-refractivity contribution in [3.63, 3.8) is 0 Å². The molecule has 0 unspecified atom stereocenters. The smallest absolute Gasteiger partial charge is 0.152 e. The number of benzene rings is 2. The van der Waals surface area contributed by atoms with E-state index in [4.69, 9.17) is 4.98 Å². The molecule has 0 aliphatic heterocycles. The molecular formula is C18H10BrFN2S2. The van der Waals surface area contributed by atoms with Crippen LogP contribution in [0.25, 0.3) is 32.5 Å². The second kappa shape index (κ2) is 6.55. The fourth-order valence-electron chi connectivity index (χ4n) is 2.25. The van der Waals surface area contributed by atoms with Crippen LogP contribution in [0.3, 0.4) is 0 Å². The predicted molar refractivity (Wildman–Crippen MR) is 102 cm³/mol. The van der Waals surface area contributed by atoms with Crippen molar-refractivity contribution in [2.24, 2.45) is 0 Å². The van der Waals surface area contributed by atoms with Gasteiger partial charge in [0, 0.05) is 26.4 Å². The fourth-order valence-corrected chi connectivity index (χ4v) is 4.22. The normalized spacial score (nSPS) is 10.9. The van der Waals surface area contributed by atoms with Crippen molar-refractivity contribution in [3.05, 3.63) is 69.6 Å². The summed E-state index contributed by atoms with van der Waals surface area (Å²) in [6.07, 6.45) is 0. The monoisotopic (exact) mass is 416 g/mol. The highest BCUT2D eigenvalue weighted by Gasteiger charge is 2.11.